The Balaban J connectivity index is 2.62. The second-order valence-corrected chi connectivity index (χ2v) is 3.93. The van der Waals surface area contributed by atoms with Crippen LogP contribution < -0.4 is 10.1 Å². The Kier molecular flexibility index (Phi) is 5.74. The van der Waals surface area contributed by atoms with Gasteiger partial charge >= 0.3 is 6.61 Å². The number of hydrogen-bond donors (Lipinski definition) is 2. The van der Waals surface area contributed by atoms with E-state index in [1.807, 2.05) is 0 Å². The standard InChI is InChI=1S/C10H11Cl2F2NO2/c11-4-7(16)5-15-6-1-2-9(8(12)3-6)17-10(13)14/h1-3,7,10,15-16H,4-5H2. The number of nitrogens with one attached hydrogen (secondary N) is 1. The maximum atomic E-state index is 12.0. The van der Waals surface area contributed by atoms with Gasteiger partial charge in [0.25, 0.3) is 0 Å². The minimum absolute atomic E-state index is 0.0654. The van der Waals surface area contributed by atoms with Gasteiger partial charge in [-0.2, -0.15) is 8.78 Å². The van der Waals surface area contributed by atoms with E-state index in [0.29, 0.717) is 5.69 Å². The number of hydrogen-bond acceptors (Lipinski definition) is 3. The molecule has 0 aliphatic heterocycles. The van der Waals surface area contributed by atoms with E-state index in [1.54, 1.807) is 0 Å². The predicted octanol–water partition coefficient (Wildman–Crippen LogP) is 2.95. The molecule has 0 amide bonds. The lowest BCUT2D eigenvalue weighted by atomic mass is 10.3. The van der Waals surface area contributed by atoms with Crippen LogP contribution in [0.3, 0.4) is 0 Å². The van der Waals surface area contributed by atoms with Gasteiger partial charge in [0, 0.05) is 12.2 Å². The summed E-state index contributed by atoms with van der Waals surface area (Å²) < 4.78 is 28.1. The molecule has 0 spiro atoms. The highest BCUT2D eigenvalue weighted by Crippen LogP contribution is 2.28. The third-order valence-electron chi connectivity index (χ3n) is 1.87. The Morgan fingerprint density at radius 1 is 1.41 bits per heavy atom. The molecule has 1 atom stereocenters. The number of alkyl halides is 3. The molecule has 7 heteroatoms. The zero-order valence-electron chi connectivity index (χ0n) is 8.67. The van der Waals surface area contributed by atoms with Crippen molar-refractivity contribution in [2.45, 2.75) is 12.7 Å². The van der Waals surface area contributed by atoms with E-state index in [4.69, 9.17) is 23.2 Å². The maximum absolute atomic E-state index is 12.0. The molecule has 0 fully saturated rings. The number of halogens is 4. The number of ether oxygens (including phenoxy) is 1. The molecule has 17 heavy (non-hydrogen) atoms. The van der Waals surface area contributed by atoms with Gasteiger partial charge in [-0.15, -0.1) is 11.6 Å². The summed E-state index contributed by atoms with van der Waals surface area (Å²) in [5, 5.41) is 12.1. The van der Waals surface area contributed by atoms with Crippen molar-refractivity contribution in [1.29, 1.82) is 0 Å². The monoisotopic (exact) mass is 285 g/mol. The van der Waals surface area contributed by atoms with Gasteiger partial charge in [-0.1, -0.05) is 11.6 Å². The van der Waals surface area contributed by atoms with Crippen molar-refractivity contribution in [2.75, 3.05) is 17.7 Å². The zero-order valence-corrected chi connectivity index (χ0v) is 10.2. The van der Waals surface area contributed by atoms with Gasteiger partial charge in [-0.3, -0.25) is 0 Å². The lowest BCUT2D eigenvalue weighted by Gasteiger charge is -2.12. The van der Waals surface area contributed by atoms with E-state index in [2.05, 4.69) is 10.1 Å². The van der Waals surface area contributed by atoms with Crippen LogP contribution in [0.5, 0.6) is 5.75 Å². The molecule has 96 valence electrons. The van der Waals surface area contributed by atoms with Gasteiger partial charge in [0.05, 0.1) is 17.0 Å². The summed E-state index contributed by atoms with van der Waals surface area (Å²) in [5.74, 6) is 0.0120. The van der Waals surface area contributed by atoms with Crippen LogP contribution in [0.1, 0.15) is 0 Å². The summed E-state index contributed by atoms with van der Waals surface area (Å²) >= 11 is 11.1. The van der Waals surface area contributed by atoms with Crippen LogP contribution >= 0.6 is 23.2 Å². The number of aliphatic hydroxyl groups is 1. The zero-order chi connectivity index (χ0) is 12.8. The van der Waals surface area contributed by atoms with E-state index < -0.39 is 12.7 Å². The topological polar surface area (TPSA) is 41.5 Å². The molecule has 0 bridgehead atoms. The molecule has 3 nitrogen and oxygen atoms in total. The van der Waals surface area contributed by atoms with Crippen LogP contribution in [-0.4, -0.2) is 30.2 Å². The molecule has 0 radical (unpaired) electrons. The van der Waals surface area contributed by atoms with E-state index in [9.17, 15) is 13.9 Å². The summed E-state index contributed by atoms with van der Waals surface area (Å²) in [6.45, 7) is -2.67. The lowest BCUT2D eigenvalue weighted by molar-refractivity contribution is -0.0497. The van der Waals surface area contributed by atoms with Crippen molar-refractivity contribution in [3.63, 3.8) is 0 Å². The molecular weight excluding hydrogens is 275 g/mol. The fourth-order valence-electron chi connectivity index (χ4n) is 1.09. The van der Waals surface area contributed by atoms with Gasteiger partial charge < -0.3 is 15.2 Å². The van der Waals surface area contributed by atoms with Crippen LogP contribution in [0.25, 0.3) is 0 Å². The van der Waals surface area contributed by atoms with Crippen molar-refractivity contribution in [3.05, 3.63) is 23.2 Å². The molecule has 1 aromatic rings. The van der Waals surface area contributed by atoms with E-state index in [1.165, 1.54) is 18.2 Å². The van der Waals surface area contributed by atoms with E-state index in [-0.39, 0.29) is 23.2 Å². The molecule has 0 saturated carbocycles. The average Bonchev–Trinajstić information content (AvgIpc) is 2.28. The summed E-state index contributed by atoms with van der Waals surface area (Å²) in [6.07, 6.45) is -0.688. The van der Waals surface area contributed by atoms with Crippen molar-refractivity contribution >= 4 is 28.9 Å². The fourth-order valence-corrected chi connectivity index (χ4v) is 1.43. The molecule has 0 aliphatic carbocycles. The highest BCUT2D eigenvalue weighted by molar-refractivity contribution is 6.32. The Morgan fingerprint density at radius 2 is 2.12 bits per heavy atom. The van der Waals surface area contributed by atoms with Crippen molar-refractivity contribution in [2.24, 2.45) is 0 Å². The smallest absolute Gasteiger partial charge is 0.387 e. The van der Waals surface area contributed by atoms with Crippen LogP contribution in [0, 0.1) is 0 Å². The average molecular weight is 286 g/mol. The first kappa shape index (κ1) is 14.3. The molecule has 1 aromatic carbocycles. The lowest BCUT2D eigenvalue weighted by Crippen LogP contribution is -2.20. The second kappa shape index (κ2) is 6.83. The molecule has 1 unspecified atom stereocenters. The number of benzene rings is 1. The second-order valence-electron chi connectivity index (χ2n) is 3.21. The molecule has 0 heterocycles. The van der Waals surface area contributed by atoms with Crippen molar-refractivity contribution in [1.82, 2.24) is 0 Å². The fraction of sp³-hybridized carbons (Fsp3) is 0.400. The summed E-state index contributed by atoms with van der Waals surface area (Å²) in [4.78, 5) is 0. The Morgan fingerprint density at radius 3 is 2.65 bits per heavy atom. The van der Waals surface area contributed by atoms with Crippen LogP contribution in [0.2, 0.25) is 5.02 Å². The summed E-state index contributed by atoms with van der Waals surface area (Å²) in [7, 11) is 0. The van der Waals surface area contributed by atoms with Gasteiger partial charge in [-0.05, 0) is 18.2 Å². The minimum Gasteiger partial charge on any atom is -0.433 e. The van der Waals surface area contributed by atoms with Crippen molar-refractivity contribution < 1.29 is 18.6 Å². The number of anilines is 1. The predicted molar refractivity (Wildman–Crippen MR) is 63.3 cm³/mol. The summed E-state index contributed by atoms with van der Waals surface area (Å²) in [6, 6.07) is 4.27. The van der Waals surface area contributed by atoms with Crippen LogP contribution in [0.15, 0.2) is 18.2 Å². The largest absolute Gasteiger partial charge is 0.433 e. The Labute approximate surface area is 107 Å². The van der Waals surface area contributed by atoms with Crippen LogP contribution in [0.4, 0.5) is 14.5 Å². The maximum Gasteiger partial charge on any atom is 0.387 e. The third-order valence-corrected chi connectivity index (χ3v) is 2.52. The van der Waals surface area contributed by atoms with Gasteiger partial charge in [-0.25, -0.2) is 0 Å². The molecular formula is C10H11Cl2F2NO2. The molecule has 0 saturated heterocycles. The quantitative estimate of drug-likeness (QED) is 0.790. The molecule has 2 N–H and O–H groups in total. The highest BCUT2D eigenvalue weighted by Gasteiger charge is 2.09. The highest BCUT2D eigenvalue weighted by atomic mass is 35.5. The Hall–Kier alpha value is -0.780. The minimum atomic E-state index is -2.91. The molecule has 1 rings (SSSR count). The Bertz CT molecular complexity index is 366. The van der Waals surface area contributed by atoms with Gasteiger partial charge in [0.1, 0.15) is 5.75 Å². The van der Waals surface area contributed by atoms with Gasteiger partial charge in [0.2, 0.25) is 0 Å². The molecule has 0 aliphatic rings. The first-order valence-electron chi connectivity index (χ1n) is 4.75. The number of aliphatic hydroxyl groups excluding tert-OH is 1. The SMILES string of the molecule is OC(CCl)CNc1ccc(OC(F)F)c(Cl)c1. The normalized spacial score (nSPS) is 12.6. The molecule has 0 aromatic heterocycles. The van der Waals surface area contributed by atoms with E-state index in [0.717, 1.165) is 0 Å². The van der Waals surface area contributed by atoms with Crippen LogP contribution in [-0.2, 0) is 0 Å². The van der Waals surface area contributed by atoms with E-state index >= 15 is 0 Å². The number of rotatable bonds is 6. The first-order valence-corrected chi connectivity index (χ1v) is 5.66. The summed E-state index contributed by atoms with van der Waals surface area (Å²) in [5.41, 5.74) is 0.584. The first-order chi connectivity index (χ1) is 8.02. The van der Waals surface area contributed by atoms with Gasteiger partial charge in [0.15, 0.2) is 0 Å². The van der Waals surface area contributed by atoms with Crippen molar-refractivity contribution in [3.8, 4) is 5.75 Å². The third kappa shape index (κ3) is 4.93.